The number of carbonyl (C=O) groups excluding carboxylic acids is 2. The fourth-order valence-corrected chi connectivity index (χ4v) is 95.6. The Kier molecular flexibility index (Phi) is 0.960. The van der Waals surface area contributed by atoms with Crippen molar-refractivity contribution in [2.75, 3.05) is 13.2 Å². The second-order valence-electron chi connectivity index (χ2n) is 13.8. The van der Waals surface area contributed by atoms with Crippen molar-refractivity contribution >= 4 is 34.6 Å². The molecule has 0 bridgehead atoms. The summed E-state index contributed by atoms with van der Waals surface area (Å²) in [6, 6.07) is 4.23. The molecule has 10 fully saturated rings. The predicted molar refractivity (Wildman–Crippen MR) is 113 cm³/mol. The number of hydrogen-bond donors (Lipinski definition) is 0. The average Bonchev–Trinajstić information content (AvgIpc) is 3.61. The molecule has 12 heterocycles. The summed E-state index contributed by atoms with van der Waals surface area (Å²) in [5, 5.41) is 8.44. The van der Waals surface area contributed by atoms with E-state index in [0.29, 0.717) is 32.5 Å². The van der Waals surface area contributed by atoms with Gasteiger partial charge in [0.1, 0.15) is 0 Å². The Morgan fingerprint density at radius 1 is 0.774 bits per heavy atom. The van der Waals surface area contributed by atoms with Gasteiger partial charge in [-0.1, -0.05) is 0 Å². The van der Waals surface area contributed by atoms with Crippen LogP contribution in [0.2, 0.25) is 47.2 Å². The van der Waals surface area contributed by atoms with Crippen LogP contribution >= 0.6 is 22.7 Å². The summed E-state index contributed by atoms with van der Waals surface area (Å²) in [4.78, 5) is 33.6. The Labute approximate surface area is 177 Å². The Morgan fingerprint density at radius 2 is 1.19 bits per heavy atom. The first-order chi connectivity index (χ1) is 14.9. The van der Waals surface area contributed by atoms with Crippen LogP contribution in [0.5, 0.6) is 0 Å². The van der Waals surface area contributed by atoms with E-state index >= 15 is 0 Å². The van der Waals surface area contributed by atoms with E-state index in [2.05, 4.69) is 33.7 Å². The Hall–Kier alpha value is -1.14. The third-order valence-corrected chi connectivity index (χ3v) is 61.9. The summed E-state index contributed by atoms with van der Waals surface area (Å²) >= 11 is 3.39. The van der Waals surface area contributed by atoms with Gasteiger partial charge in [0, 0.05) is 0 Å². The molecule has 0 saturated carbocycles. The van der Waals surface area contributed by atoms with Crippen molar-refractivity contribution in [3.63, 3.8) is 0 Å². The molecule has 10 aliphatic heterocycles. The maximum atomic E-state index is 13.7. The molecule has 8 atom stereocenters. The van der Waals surface area contributed by atoms with Gasteiger partial charge in [-0.05, 0) is 0 Å². The second-order valence-corrected chi connectivity index (χ2v) is 38.6. The third kappa shape index (κ3) is 0.301. The minimum absolute atomic E-state index is 0.0879. The van der Waals surface area contributed by atoms with Crippen molar-refractivity contribution in [3.05, 3.63) is 44.8 Å². The molecule has 0 N–H and O–H groups in total. The Bertz CT molecular complexity index is 1560. The molecular weight excluding hydrogens is 472 g/mol. The molecule has 0 radical (unpaired) electrons. The van der Waals surface area contributed by atoms with Gasteiger partial charge in [0.2, 0.25) is 0 Å². The first kappa shape index (κ1) is 14.9. The van der Waals surface area contributed by atoms with Crippen molar-refractivity contribution < 1.29 is 25.6 Å². The number of hydrogen-bond acceptors (Lipinski definition) is 6. The average molecular weight is 494 g/mol. The van der Waals surface area contributed by atoms with Gasteiger partial charge >= 0.3 is 178 Å². The molecule has 31 heavy (non-hydrogen) atoms. The van der Waals surface area contributed by atoms with Gasteiger partial charge in [-0.3, -0.25) is 0 Å². The number of esters is 2. The molecular formula is C24H22FeO4S2. The van der Waals surface area contributed by atoms with Crippen molar-refractivity contribution in [1.82, 2.24) is 0 Å². The van der Waals surface area contributed by atoms with E-state index in [1.54, 1.807) is 22.7 Å². The Morgan fingerprint density at radius 3 is 1.52 bits per heavy atom. The van der Waals surface area contributed by atoms with Gasteiger partial charge in [-0.25, -0.2) is 0 Å². The standard InChI is InChI=1S/2C12H11O2S.Fe/c2*13-12(11-3-1-2-4-11)14-7-5-10-6-8-15-9-10;/h2*1-4,6,8-9H,5,7H2;. The summed E-state index contributed by atoms with van der Waals surface area (Å²) < 4.78 is 11.9. The molecule has 0 aliphatic carbocycles. The topological polar surface area (TPSA) is 52.6 Å². The number of carbonyl (C=O) groups is 2. The molecule has 2 aromatic rings. The van der Waals surface area contributed by atoms with Gasteiger partial charge < -0.3 is 0 Å². The fourth-order valence-electron chi connectivity index (χ4n) is 19.3. The molecule has 2 aromatic heterocycles. The summed E-state index contributed by atoms with van der Waals surface area (Å²) in [6.07, 6.45) is 1.63. The Balaban J connectivity index is 0.926. The van der Waals surface area contributed by atoms with Gasteiger partial charge in [0.15, 0.2) is 0 Å². The van der Waals surface area contributed by atoms with E-state index in [-0.39, 0.29) is 20.6 Å². The van der Waals surface area contributed by atoms with E-state index in [0.717, 1.165) is 32.1 Å². The second kappa shape index (κ2) is 2.00. The van der Waals surface area contributed by atoms with Crippen LogP contribution in [0.1, 0.15) is 11.1 Å². The summed E-state index contributed by atoms with van der Waals surface area (Å²) in [5.41, 5.74) is 2.52. The molecule has 0 amide bonds. The summed E-state index contributed by atoms with van der Waals surface area (Å²) in [6.45, 7) is -3.18. The monoisotopic (exact) mass is 494 g/mol. The molecule has 1 spiro atoms. The van der Waals surface area contributed by atoms with Crippen LogP contribution in [-0.4, -0.2) is 25.2 Å². The van der Waals surface area contributed by atoms with Gasteiger partial charge in [0.25, 0.3) is 0 Å². The summed E-state index contributed by atoms with van der Waals surface area (Å²) in [7, 11) is 0. The maximum absolute atomic E-state index is 13.7. The van der Waals surface area contributed by atoms with Crippen molar-refractivity contribution in [2.45, 2.75) is 60.0 Å². The van der Waals surface area contributed by atoms with Crippen LogP contribution in [-0.2, 0) is 38.4 Å². The van der Waals surface area contributed by atoms with E-state index in [1.165, 1.54) is 11.1 Å². The minimum atomic E-state index is -4.19. The van der Waals surface area contributed by atoms with Crippen molar-refractivity contribution in [2.24, 2.45) is 0 Å². The predicted octanol–water partition coefficient (Wildman–Crippen LogP) is 5.81. The van der Waals surface area contributed by atoms with Crippen LogP contribution in [0.3, 0.4) is 0 Å². The zero-order valence-electron chi connectivity index (χ0n) is 16.7. The number of rotatable bonds is 8. The number of thiophene rings is 2. The van der Waals surface area contributed by atoms with E-state index in [9.17, 15) is 9.59 Å². The molecule has 7 heteroatoms. The number of fused-ring (bicyclic) bond motifs is 10. The van der Waals surface area contributed by atoms with Crippen LogP contribution in [0.4, 0.5) is 0 Å². The zero-order valence-corrected chi connectivity index (χ0v) is 19.5. The van der Waals surface area contributed by atoms with Crippen molar-refractivity contribution in [3.8, 4) is 0 Å². The van der Waals surface area contributed by atoms with E-state index < -0.39 is 6.51 Å². The molecule has 10 saturated heterocycles. The first-order valence-electron chi connectivity index (χ1n) is 11.5. The molecule has 8 unspecified atom stereocenters. The van der Waals surface area contributed by atoms with Crippen LogP contribution in [0.15, 0.2) is 33.7 Å². The third-order valence-electron chi connectivity index (χ3n) is 17.8. The normalized spacial score (nSPS) is 72.6. The van der Waals surface area contributed by atoms with E-state index in [4.69, 9.17) is 9.47 Å². The molecule has 162 valence electrons. The van der Waals surface area contributed by atoms with E-state index in [1.807, 2.05) is 0 Å². The molecule has 4 nitrogen and oxygen atoms in total. The summed E-state index contributed by atoms with van der Waals surface area (Å²) in [5.74, 6) is 0.305. The van der Waals surface area contributed by atoms with Crippen molar-refractivity contribution in [1.29, 1.82) is 0 Å². The van der Waals surface area contributed by atoms with Gasteiger partial charge in [0.05, 0.1) is 0 Å². The van der Waals surface area contributed by atoms with Gasteiger partial charge in [-0.15, -0.1) is 0 Å². The fraction of sp³-hybridized carbons (Fsp3) is 0.583. The molecule has 10 aliphatic rings. The first-order valence-corrected chi connectivity index (χ1v) is 19.6. The molecule has 12 rings (SSSR count). The van der Waals surface area contributed by atoms with Crippen LogP contribution in [0, 0.1) is 0 Å². The zero-order chi connectivity index (χ0) is 20.1. The quantitative estimate of drug-likeness (QED) is 0.343. The van der Waals surface area contributed by atoms with Crippen LogP contribution in [0.25, 0.3) is 0 Å². The number of ether oxygens (including phenoxy) is 2. The van der Waals surface area contributed by atoms with Crippen LogP contribution < -0.4 is 0 Å². The molecule has 0 aromatic carbocycles. The van der Waals surface area contributed by atoms with Gasteiger partial charge in [-0.2, -0.15) is 0 Å². The SMILES string of the molecule is O=C(OCCc1ccsc1)[C]12[CH]3[CH]4[CH]5[CH]1[Fe]45321678[CH]2[CH]1[CH]6[C]7(C(=O)OCCc1ccsc1)[CH]28.